The SMILES string of the molecule is CC(=O)C1C=C(c2cc(C(N)=O)c(N)s2)C=CC1. The molecule has 1 heterocycles. The fourth-order valence-corrected chi connectivity index (χ4v) is 2.81. The molecule has 5 heteroatoms. The molecule has 1 aliphatic rings. The molecule has 4 N–H and O–H groups in total. The standard InChI is InChI=1S/C13H14N2O2S/c1-7(16)8-3-2-4-9(5-8)11-6-10(12(14)17)13(15)18-11/h2,4-6,8H,3,15H2,1H3,(H2,14,17). The van der Waals surface area contributed by atoms with Gasteiger partial charge in [-0.1, -0.05) is 18.2 Å². The van der Waals surface area contributed by atoms with Gasteiger partial charge < -0.3 is 11.5 Å². The van der Waals surface area contributed by atoms with E-state index in [-0.39, 0.29) is 11.7 Å². The molecule has 1 aromatic rings. The molecule has 1 aromatic heterocycles. The number of anilines is 1. The summed E-state index contributed by atoms with van der Waals surface area (Å²) < 4.78 is 0. The van der Waals surface area contributed by atoms with Gasteiger partial charge in [-0.25, -0.2) is 0 Å². The molecule has 1 amide bonds. The van der Waals surface area contributed by atoms with Crippen molar-refractivity contribution in [1.29, 1.82) is 0 Å². The van der Waals surface area contributed by atoms with Crippen LogP contribution in [0.4, 0.5) is 5.00 Å². The first kappa shape index (κ1) is 12.6. The van der Waals surface area contributed by atoms with Gasteiger partial charge in [-0.05, 0) is 25.0 Å². The van der Waals surface area contributed by atoms with Crippen molar-refractivity contribution in [3.63, 3.8) is 0 Å². The average molecular weight is 262 g/mol. The van der Waals surface area contributed by atoms with Gasteiger partial charge in [-0.15, -0.1) is 11.3 Å². The number of ketones is 1. The van der Waals surface area contributed by atoms with Crippen LogP contribution in [0.5, 0.6) is 0 Å². The van der Waals surface area contributed by atoms with E-state index in [0.29, 0.717) is 10.6 Å². The van der Waals surface area contributed by atoms with Crippen LogP contribution in [-0.4, -0.2) is 11.7 Å². The van der Waals surface area contributed by atoms with E-state index in [0.717, 1.165) is 16.9 Å². The van der Waals surface area contributed by atoms with Gasteiger partial charge in [0.05, 0.1) is 10.6 Å². The number of nitrogen functional groups attached to an aromatic ring is 1. The number of thiophene rings is 1. The van der Waals surface area contributed by atoms with Crippen molar-refractivity contribution < 1.29 is 9.59 Å². The molecular weight excluding hydrogens is 248 g/mol. The van der Waals surface area contributed by atoms with Crippen LogP contribution in [0.15, 0.2) is 24.3 Å². The lowest BCUT2D eigenvalue weighted by Gasteiger charge is -2.12. The van der Waals surface area contributed by atoms with Crippen molar-refractivity contribution in [2.24, 2.45) is 11.7 Å². The monoisotopic (exact) mass is 262 g/mol. The average Bonchev–Trinajstić information content (AvgIpc) is 2.71. The normalized spacial score (nSPS) is 18.5. The molecule has 0 spiro atoms. The van der Waals surface area contributed by atoms with Gasteiger partial charge in [0.1, 0.15) is 5.78 Å². The third kappa shape index (κ3) is 2.36. The molecule has 1 atom stereocenters. The van der Waals surface area contributed by atoms with Gasteiger partial charge in [0, 0.05) is 10.8 Å². The van der Waals surface area contributed by atoms with Gasteiger partial charge in [0.15, 0.2) is 0 Å². The Balaban J connectivity index is 2.37. The zero-order valence-electron chi connectivity index (χ0n) is 9.97. The first-order valence-corrected chi connectivity index (χ1v) is 6.39. The maximum atomic E-state index is 11.4. The largest absolute Gasteiger partial charge is 0.390 e. The molecule has 18 heavy (non-hydrogen) atoms. The van der Waals surface area contributed by atoms with Crippen LogP contribution in [0.2, 0.25) is 0 Å². The molecule has 2 rings (SSSR count). The minimum atomic E-state index is -0.529. The number of hydrogen-bond acceptors (Lipinski definition) is 4. The fraction of sp³-hybridized carbons (Fsp3) is 0.231. The van der Waals surface area contributed by atoms with E-state index in [1.54, 1.807) is 13.0 Å². The van der Waals surface area contributed by atoms with Crippen LogP contribution < -0.4 is 11.5 Å². The van der Waals surface area contributed by atoms with Gasteiger partial charge in [-0.2, -0.15) is 0 Å². The Morgan fingerprint density at radius 2 is 2.17 bits per heavy atom. The molecule has 4 nitrogen and oxygen atoms in total. The molecule has 0 aromatic carbocycles. The summed E-state index contributed by atoms with van der Waals surface area (Å²) in [6.45, 7) is 1.58. The molecule has 1 aliphatic carbocycles. The molecule has 0 fully saturated rings. The van der Waals surface area contributed by atoms with Gasteiger partial charge in [-0.3, -0.25) is 9.59 Å². The van der Waals surface area contributed by atoms with E-state index >= 15 is 0 Å². The second-order valence-electron chi connectivity index (χ2n) is 4.23. The Morgan fingerprint density at radius 1 is 1.44 bits per heavy atom. The lowest BCUT2D eigenvalue weighted by atomic mass is 9.92. The Labute approximate surface area is 109 Å². The molecular formula is C13H14N2O2S. The van der Waals surface area contributed by atoms with Crippen molar-refractivity contribution in [3.8, 4) is 0 Å². The zero-order chi connectivity index (χ0) is 13.3. The van der Waals surface area contributed by atoms with Crippen molar-refractivity contribution in [1.82, 2.24) is 0 Å². The van der Waals surface area contributed by atoms with Crippen molar-refractivity contribution >= 4 is 33.6 Å². The summed E-state index contributed by atoms with van der Waals surface area (Å²) >= 11 is 1.31. The number of amides is 1. The van der Waals surface area contributed by atoms with Crippen LogP contribution in [0.3, 0.4) is 0 Å². The van der Waals surface area contributed by atoms with Crippen LogP contribution in [0.1, 0.15) is 28.6 Å². The molecule has 94 valence electrons. The predicted molar refractivity (Wildman–Crippen MR) is 73.2 cm³/mol. The maximum absolute atomic E-state index is 11.4. The Bertz CT molecular complexity index is 570. The van der Waals surface area contributed by atoms with Crippen LogP contribution in [0, 0.1) is 5.92 Å². The second-order valence-corrected chi connectivity index (χ2v) is 5.31. The van der Waals surface area contributed by atoms with E-state index < -0.39 is 5.91 Å². The first-order chi connectivity index (χ1) is 8.49. The minimum absolute atomic E-state index is 0.0923. The van der Waals surface area contributed by atoms with E-state index in [2.05, 4.69) is 0 Å². The van der Waals surface area contributed by atoms with E-state index in [1.807, 2.05) is 18.2 Å². The van der Waals surface area contributed by atoms with Crippen LogP contribution in [-0.2, 0) is 4.79 Å². The fourth-order valence-electron chi connectivity index (χ4n) is 1.87. The summed E-state index contributed by atoms with van der Waals surface area (Å²) in [7, 11) is 0. The maximum Gasteiger partial charge on any atom is 0.251 e. The minimum Gasteiger partial charge on any atom is -0.390 e. The zero-order valence-corrected chi connectivity index (χ0v) is 10.8. The third-order valence-corrected chi connectivity index (χ3v) is 3.91. The van der Waals surface area contributed by atoms with Crippen LogP contribution in [0.25, 0.3) is 5.57 Å². The van der Waals surface area contributed by atoms with Crippen molar-refractivity contribution in [2.75, 3.05) is 5.73 Å². The Kier molecular flexibility index (Phi) is 3.34. The molecule has 0 aliphatic heterocycles. The lowest BCUT2D eigenvalue weighted by Crippen LogP contribution is -2.11. The smallest absolute Gasteiger partial charge is 0.251 e. The predicted octanol–water partition coefficient (Wildman–Crippen LogP) is 1.98. The van der Waals surface area contributed by atoms with Crippen molar-refractivity contribution in [2.45, 2.75) is 13.3 Å². The highest BCUT2D eigenvalue weighted by molar-refractivity contribution is 7.17. The Hall–Kier alpha value is -1.88. The number of Topliss-reactive ketones (excluding diaryl/α,β-unsaturated/α-hetero) is 1. The van der Waals surface area contributed by atoms with E-state index in [4.69, 9.17) is 11.5 Å². The number of hydrogen-bond donors (Lipinski definition) is 2. The van der Waals surface area contributed by atoms with Crippen molar-refractivity contribution in [3.05, 3.63) is 34.7 Å². The van der Waals surface area contributed by atoms with Gasteiger partial charge in [0.25, 0.3) is 5.91 Å². The molecule has 0 radical (unpaired) electrons. The number of carbonyl (C=O) groups excluding carboxylic acids is 2. The summed E-state index contributed by atoms with van der Waals surface area (Å²) in [5.74, 6) is -0.486. The molecule has 1 unspecified atom stereocenters. The van der Waals surface area contributed by atoms with Gasteiger partial charge >= 0.3 is 0 Å². The van der Waals surface area contributed by atoms with Crippen LogP contribution >= 0.6 is 11.3 Å². The summed E-state index contributed by atoms with van der Waals surface area (Å²) in [6, 6.07) is 1.68. The third-order valence-electron chi connectivity index (χ3n) is 2.90. The Morgan fingerprint density at radius 3 is 2.72 bits per heavy atom. The topological polar surface area (TPSA) is 86.2 Å². The summed E-state index contributed by atoms with van der Waals surface area (Å²) in [5.41, 5.74) is 12.2. The number of primary amides is 1. The quantitative estimate of drug-likeness (QED) is 0.873. The summed E-state index contributed by atoms with van der Waals surface area (Å²) in [6.07, 6.45) is 6.54. The highest BCUT2D eigenvalue weighted by Gasteiger charge is 2.18. The lowest BCUT2D eigenvalue weighted by molar-refractivity contribution is -0.119. The number of rotatable bonds is 3. The second kappa shape index (κ2) is 4.78. The highest BCUT2D eigenvalue weighted by Crippen LogP contribution is 2.33. The van der Waals surface area contributed by atoms with Gasteiger partial charge in [0.2, 0.25) is 0 Å². The number of nitrogens with two attached hydrogens (primary N) is 2. The van der Waals surface area contributed by atoms with E-state index in [9.17, 15) is 9.59 Å². The molecule has 0 saturated carbocycles. The number of carbonyl (C=O) groups is 2. The van der Waals surface area contributed by atoms with E-state index in [1.165, 1.54) is 11.3 Å². The molecule has 0 saturated heterocycles. The molecule has 0 bridgehead atoms. The summed E-state index contributed by atoms with van der Waals surface area (Å²) in [4.78, 5) is 23.4. The first-order valence-electron chi connectivity index (χ1n) is 5.57. The highest BCUT2D eigenvalue weighted by atomic mass is 32.1. The number of allylic oxidation sites excluding steroid dienone is 4. The summed E-state index contributed by atoms with van der Waals surface area (Å²) in [5, 5.41) is 0.414.